The molecule has 5 nitrogen and oxygen atoms in total. The Labute approximate surface area is 97.3 Å². The summed E-state index contributed by atoms with van der Waals surface area (Å²) in [5, 5.41) is 0.178. The first-order valence-corrected chi connectivity index (χ1v) is 4.90. The highest BCUT2D eigenvalue weighted by Crippen LogP contribution is 2.19. The van der Waals surface area contributed by atoms with Crippen molar-refractivity contribution >= 4 is 23.4 Å². The van der Waals surface area contributed by atoms with Gasteiger partial charge in [0.2, 0.25) is 5.88 Å². The minimum Gasteiger partial charge on any atom is -0.480 e. The normalized spacial score (nSPS) is 9.69. The van der Waals surface area contributed by atoms with E-state index in [1.165, 1.54) is 19.2 Å². The van der Waals surface area contributed by atoms with E-state index >= 15 is 0 Å². The second kappa shape index (κ2) is 5.46. The largest absolute Gasteiger partial charge is 0.480 e. The van der Waals surface area contributed by atoms with Gasteiger partial charge in [-0.15, -0.1) is 0 Å². The van der Waals surface area contributed by atoms with E-state index in [9.17, 15) is 9.59 Å². The highest BCUT2D eigenvalue weighted by molar-refractivity contribution is 6.41. The molecule has 1 rings (SSSR count). The molecule has 0 radical (unpaired) electrons. The Morgan fingerprint density at radius 2 is 2.12 bits per heavy atom. The van der Waals surface area contributed by atoms with E-state index in [1.807, 2.05) is 0 Å². The van der Waals surface area contributed by atoms with Gasteiger partial charge in [-0.25, -0.2) is 9.78 Å². The van der Waals surface area contributed by atoms with Crippen molar-refractivity contribution in [3.05, 3.63) is 22.8 Å². The molecule has 1 aromatic rings. The maximum absolute atomic E-state index is 11.6. The maximum Gasteiger partial charge on any atom is 0.379 e. The fraction of sp³-hybridized carbons (Fsp3) is 0.300. The van der Waals surface area contributed by atoms with Gasteiger partial charge in [-0.2, -0.15) is 0 Å². The first kappa shape index (κ1) is 12.4. The molecule has 0 aliphatic rings. The molecule has 0 spiro atoms. The van der Waals surface area contributed by atoms with Crippen molar-refractivity contribution < 1.29 is 19.1 Å². The summed E-state index contributed by atoms with van der Waals surface area (Å²) >= 11 is 5.62. The van der Waals surface area contributed by atoms with Crippen LogP contribution in [0.3, 0.4) is 0 Å². The number of rotatable bonds is 4. The summed E-state index contributed by atoms with van der Waals surface area (Å²) in [4.78, 5) is 26.6. The van der Waals surface area contributed by atoms with Crippen LogP contribution in [-0.4, -0.2) is 30.5 Å². The molecule has 0 bridgehead atoms. The first-order valence-electron chi connectivity index (χ1n) is 4.52. The van der Waals surface area contributed by atoms with E-state index in [4.69, 9.17) is 16.3 Å². The molecule has 6 heteroatoms. The Hall–Kier alpha value is -1.62. The van der Waals surface area contributed by atoms with E-state index in [2.05, 4.69) is 9.72 Å². The van der Waals surface area contributed by atoms with Crippen molar-refractivity contribution in [2.75, 3.05) is 13.7 Å². The van der Waals surface area contributed by atoms with E-state index in [-0.39, 0.29) is 23.2 Å². The van der Waals surface area contributed by atoms with E-state index < -0.39 is 11.8 Å². The third-order valence-electron chi connectivity index (χ3n) is 1.73. The number of Topliss-reactive ketones (excluding diaryl/α,β-unsaturated/α-hetero) is 1. The average Bonchev–Trinajstić information content (AvgIpc) is 2.28. The second-order valence-corrected chi connectivity index (χ2v) is 3.13. The predicted molar refractivity (Wildman–Crippen MR) is 56.8 cm³/mol. The first-order chi connectivity index (χ1) is 7.60. The number of hydrogen-bond acceptors (Lipinski definition) is 5. The number of esters is 1. The number of carbonyl (C=O) groups is 2. The van der Waals surface area contributed by atoms with Gasteiger partial charge in [0.05, 0.1) is 19.3 Å². The van der Waals surface area contributed by atoms with Crippen molar-refractivity contribution in [3.8, 4) is 5.88 Å². The maximum atomic E-state index is 11.6. The molecular formula is C10H10ClNO4. The number of pyridine rings is 1. The lowest BCUT2D eigenvalue weighted by atomic mass is 10.2. The van der Waals surface area contributed by atoms with Crippen LogP contribution in [0.5, 0.6) is 5.88 Å². The second-order valence-electron chi connectivity index (χ2n) is 2.74. The van der Waals surface area contributed by atoms with Gasteiger partial charge in [-0.1, -0.05) is 11.6 Å². The van der Waals surface area contributed by atoms with Gasteiger partial charge in [-0.3, -0.25) is 4.79 Å². The van der Waals surface area contributed by atoms with Gasteiger partial charge in [-0.05, 0) is 19.1 Å². The van der Waals surface area contributed by atoms with Crippen molar-refractivity contribution in [2.24, 2.45) is 0 Å². The highest BCUT2D eigenvalue weighted by atomic mass is 35.5. The SMILES string of the molecule is CCOC(=O)C(=O)c1ccc(Cl)nc1OC. The van der Waals surface area contributed by atoms with Crippen molar-refractivity contribution in [1.82, 2.24) is 4.98 Å². The van der Waals surface area contributed by atoms with Gasteiger partial charge in [0.15, 0.2) is 0 Å². The van der Waals surface area contributed by atoms with Gasteiger partial charge in [0, 0.05) is 0 Å². The molecule has 0 saturated heterocycles. The molecular weight excluding hydrogens is 234 g/mol. The summed E-state index contributed by atoms with van der Waals surface area (Å²) in [6, 6.07) is 2.77. The number of ketones is 1. The summed E-state index contributed by atoms with van der Waals surface area (Å²) in [7, 11) is 1.33. The third-order valence-corrected chi connectivity index (χ3v) is 1.94. The third kappa shape index (κ3) is 2.70. The van der Waals surface area contributed by atoms with Crippen molar-refractivity contribution in [3.63, 3.8) is 0 Å². The fourth-order valence-electron chi connectivity index (χ4n) is 1.05. The number of hydrogen-bond donors (Lipinski definition) is 0. The molecule has 0 amide bonds. The molecule has 1 aromatic heterocycles. The van der Waals surface area contributed by atoms with Crippen LogP contribution in [0.25, 0.3) is 0 Å². The molecule has 1 heterocycles. The van der Waals surface area contributed by atoms with Crippen LogP contribution in [-0.2, 0) is 9.53 Å². The summed E-state index contributed by atoms with van der Waals surface area (Å²) < 4.78 is 9.43. The van der Waals surface area contributed by atoms with Gasteiger partial charge in [0.25, 0.3) is 5.78 Å². The Balaban J connectivity index is 3.03. The van der Waals surface area contributed by atoms with Crippen LogP contribution in [0.4, 0.5) is 0 Å². The Bertz CT molecular complexity index is 419. The molecule has 16 heavy (non-hydrogen) atoms. The zero-order chi connectivity index (χ0) is 12.1. The molecule has 86 valence electrons. The minimum atomic E-state index is -0.940. The topological polar surface area (TPSA) is 65.5 Å². The Morgan fingerprint density at radius 3 is 2.69 bits per heavy atom. The highest BCUT2D eigenvalue weighted by Gasteiger charge is 2.22. The zero-order valence-corrected chi connectivity index (χ0v) is 9.58. The lowest BCUT2D eigenvalue weighted by Crippen LogP contribution is -2.18. The number of ether oxygens (including phenoxy) is 2. The molecule has 0 saturated carbocycles. The zero-order valence-electron chi connectivity index (χ0n) is 8.82. The van der Waals surface area contributed by atoms with Crippen molar-refractivity contribution in [1.29, 1.82) is 0 Å². The van der Waals surface area contributed by atoms with E-state index in [0.29, 0.717) is 0 Å². The number of carbonyl (C=O) groups excluding carboxylic acids is 2. The van der Waals surface area contributed by atoms with Crippen LogP contribution < -0.4 is 4.74 Å². The van der Waals surface area contributed by atoms with Crippen LogP contribution in [0.15, 0.2) is 12.1 Å². The van der Waals surface area contributed by atoms with Crippen LogP contribution in [0, 0.1) is 0 Å². The fourth-order valence-corrected chi connectivity index (χ4v) is 1.19. The van der Waals surface area contributed by atoms with Crippen LogP contribution in [0.2, 0.25) is 5.15 Å². The lowest BCUT2D eigenvalue weighted by molar-refractivity contribution is -0.137. The number of nitrogens with zero attached hydrogens (tertiary/aromatic N) is 1. The smallest absolute Gasteiger partial charge is 0.379 e. The van der Waals surface area contributed by atoms with Crippen LogP contribution in [0.1, 0.15) is 17.3 Å². The minimum absolute atomic E-state index is 0.00514. The van der Waals surface area contributed by atoms with Gasteiger partial charge >= 0.3 is 5.97 Å². The predicted octanol–water partition coefficient (Wildman–Crippen LogP) is 1.49. The number of methoxy groups -OCH3 is 1. The summed E-state index contributed by atoms with van der Waals surface area (Å²) in [6.45, 7) is 1.75. The average molecular weight is 244 g/mol. The number of halogens is 1. The summed E-state index contributed by atoms with van der Waals surface area (Å²) in [5.41, 5.74) is 0.0327. The van der Waals surface area contributed by atoms with Crippen LogP contribution >= 0.6 is 11.6 Å². The molecule has 0 aromatic carbocycles. The Morgan fingerprint density at radius 1 is 1.44 bits per heavy atom. The molecule has 0 atom stereocenters. The molecule has 0 aliphatic carbocycles. The van der Waals surface area contributed by atoms with Gasteiger partial charge in [0.1, 0.15) is 5.15 Å². The van der Waals surface area contributed by atoms with Crippen molar-refractivity contribution in [2.45, 2.75) is 6.92 Å². The molecule has 0 N–H and O–H groups in total. The lowest BCUT2D eigenvalue weighted by Gasteiger charge is -2.05. The molecule has 0 unspecified atom stereocenters. The summed E-state index contributed by atoms with van der Waals surface area (Å²) in [5.74, 6) is -1.74. The quantitative estimate of drug-likeness (QED) is 0.347. The molecule has 0 aliphatic heterocycles. The summed E-state index contributed by atoms with van der Waals surface area (Å²) in [6.07, 6.45) is 0. The van der Waals surface area contributed by atoms with E-state index in [0.717, 1.165) is 0 Å². The number of aromatic nitrogens is 1. The monoisotopic (exact) mass is 243 g/mol. The van der Waals surface area contributed by atoms with E-state index in [1.54, 1.807) is 6.92 Å². The molecule has 0 fully saturated rings. The Kier molecular flexibility index (Phi) is 4.25. The van der Waals surface area contributed by atoms with Gasteiger partial charge < -0.3 is 9.47 Å². The standard InChI is InChI=1S/C10H10ClNO4/c1-3-16-10(14)8(13)6-4-5-7(11)12-9(6)15-2/h4-5H,3H2,1-2H3.